The van der Waals surface area contributed by atoms with Crippen LogP contribution in [0.15, 0.2) is 72.3 Å². The molecule has 0 saturated carbocycles. The lowest BCUT2D eigenvalue weighted by Gasteiger charge is -2.17. The van der Waals surface area contributed by atoms with E-state index < -0.39 is 5.97 Å². The molecule has 0 radical (unpaired) electrons. The summed E-state index contributed by atoms with van der Waals surface area (Å²) in [5.41, 5.74) is 3.54. The van der Waals surface area contributed by atoms with Crippen molar-refractivity contribution in [1.29, 1.82) is 0 Å². The van der Waals surface area contributed by atoms with Crippen LogP contribution in [0.1, 0.15) is 119 Å². The molecule has 0 heterocycles. The van der Waals surface area contributed by atoms with Crippen molar-refractivity contribution in [2.75, 3.05) is 19.8 Å². The van der Waals surface area contributed by atoms with E-state index in [2.05, 4.69) is 20.8 Å². The third-order valence-corrected chi connectivity index (χ3v) is 7.58. The van der Waals surface area contributed by atoms with Crippen molar-refractivity contribution in [3.8, 4) is 11.5 Å². The van der Waals surface area contributed by atoms with Gasteiger partial charge in [0.25, 0.3) is 6.61 Å². The molecule has 0 aromatic heterocycles. The molecule has 1 aliphatic rings. The molecule has 5 nitrogen and oxygen atoms in total. The second-order valence-corrected chi connectivity index (χ2v) is 11.2. The van der Waals surface area contributed by atoms with Crippen LogP contribution in [0.25, 0.3) is 5.57 Å². The smallest absolute Gasteiger partial charge is 0.343 e. The van der Waals surface area contributed by atoms with E-state index in [0.717, 1.165) is 60.3 Å². The average Bonchev–Trinajstić information content (AvgIpc) is 3.02. The van der Waals surface area contributed by atoms with E-state index in [-0.39, 0.29) is 5.56 Å². The third-order valence-electron chi connectivity index (χ3n) is 7.58. The number of benzene rings is 2. The Bertz CT molecular complexity index is 1230. The van der Waals surface area contributed by atoms with E-state index in [9.17, 15) is 9.90 Å². The lowest BCUT2D eigenvalue weighted by molar-refractivity contribution is -0.456. The lowest BCUT2D eigenvalue weighted by atomic mass is 9.88. The summed E-state index contributed by atoms with van der Waals surface area (Å²) >= 11 is 0. The summed E-state index contributed by atoms with van der Waals surface area (Å²) in [6.07, 6.45) is 21.6. The van der Waals surface area contributed by atoms with E-state index >= 15 is 0 Å². The fourth-order valence-corrected chi connectivity index (χ4v) is 5.08. The maximum atomic E-state index is 12.5. The number of aromatic carboxylic acids is 1. The number of rotatable bonds is 20. The van der Waals surface area contributed by atoms with Gasteiger partial charge in [-0.25, -0.2) is 4.79 Å². The van der Waals surface area contributed by atoms with E-state index in [1.54, 1.807) is 6.07 Å². The summed E-state index contributed by atoms with van der Waals surface area (Å²) in [7, 11) is 0. The Labute approximate surface area is 259 Å². The van der Waals surface area contributed by atoms with E-state index in [1.807, 2.05) is 60.7 Å². The second kappa shape index (κ2) is 19.6. The minimum absolute atomic E-state index is 0.216. The summed E-state index contributed by atoms with van der Waals surface area (Å²) in [5, 5.41) is 10.3. The van der Waals surface area contributed by atoms with Crippen molar-refractivity contribution in [1.82, 2.24) is 0 Å². The topological polar surface area (TPSA) is 67.1 Å². The number of allylic oxidation sites excluding steroid dienone is 5. The molecule has 0 spiro atoms. The summed E-state index contributed by atoms with van der Waals surface area (Å²) in [5.74, 6) is 1.23. The fourth-order valence-electron chi connectivity index (χ4n) is 5.08. The Hall–Kier alpha value is -3.60. The van der Waals surface area contributed by atoms with Gasteiger partial charge in [-0.2, -0.15) is 0 Å². The number of carbonyl (C=O) groups is 1. The van der Waals surface area contributed by atoms with Crippen LogP contribution in [0.2, 0.25) is 0 Å². The Kier molecular flexibility index (Phi) is 15.4. The molecule has 43 heavy (non-hydrogen) atoms. The quantitative estimate of drug-likeness (QED) is 0.124. The van der Waals surface area contributed by atoms with Gasteiger partial charge in [-0.15, -0.1) is 0 Å². The summed E-state index contributed by atoms with van der Waals surface area (Å²) in [6.45, 7) is 8.55. The molecule has 3 rings (SSSR count). The van der Waals surface area contributed by atoms with Crippen molar-refractivity contribution < 1.29 is 23.8 Å². The first kappa shape index (κ1) is 33.9. The number of unbranched alkanes of at least 4 members (excludes halogenated alkanes) is 9. The summed E-state index contributed by atoms with van der Waals surface area (Å²) in [4.78, 5) is 12.5. The number of hydrogen-bond acceptors (Lipinski definition) is 3. The van der Waals surface area contributed by atoms with Gasteiger partial charge >= 0.3 is 11.8 Å². The van der Waals surface area contributed by atoms with Crippen molar-refractivity contribution >= 4 is 17.3 Å². The maximum Gasteiger partial charge on any atom is 0.343 e. The maximum absolute atomic E-state index is 12.5. The van der Waals surface area contributed by atoms with Gasteiger partial charge in [0.15, 0.2) is 0 Å². The van der Waals surface area contributed by atoms with Crippen LogP contribution in [-0.4, -0.2) is 36.7 Å². The standard InChI is InChI=1S/C38H50O5/c1-4-7-10-13-26-41-32-20-16-30(17-21-32)37(31-18-22-33(23-19-31)42-27-14-11-8-5-2)35-25-24-34(29-36(35)38(39)40)43-28-15-12-9-6-3/h16-25,29H,4-15,26-28H2,1-3H3/p+1. The molecule has 1 aliphatic carbocycles. The van der Waals surface area contributed by atoms with Crippen LogP contribution in [-0.2, 0) is 4.42 Å². The minimum Gasteiger partial charge on any atom is -0.494 e. The molecule has 2 aromatic carbocycles. The van der Waals surface area contributed by atoms with Gasteiger partial charge < -0.3 is 14.6 Å². The zero-order chi connectivity index (χ0) is 30.7. The van der Waals surface area contributed by atoms with E-state index in [4.69, 9.17) is 13.9 Å². The molecular formula is C38H51O5+. The van der Waals surface area contributed by atoms with Crippen molar-refractivity contribution in [3.05, 3.63) is 89.0 Å². The molecule has 0 saturated heterocycles. The Morgan fingerprint density at radius 1 is 0.651 bits per heavy atom. The Morgan fingerprint density at radius 3 is 1.79 bits per heavy atom. The number of carbonyl (C=O) groups excluding carboxylic acids is 1. The highest BCUT2D eigenvalue weighted by Crippen LogP contribution is 2.34. The predicted octanol–water partition coefficient (Wildman–Crippen LogP) is 9.92. The highest BCUT2D eigenvalue weighted by Gasteiger charge is 2.20. The van der Waals surface area contributed by atoms with Gasteiger partial charge in [0.05, 0.1) is 18.8 Å². The monoisotopic (exact) mass is 587 g/mol. The largest absolute Gasteiger partial charge is 0.494 e. The van der Waals surface area contributed by atoms with Gasteiger partial charge in [-0.05, 0) is 84.0 Å². The summed E-state index contributed by atoms with van der Waals surface area (Å²) < 4.78 is 17.9. The number of ether oxygens (including phenoxy) is 2. The van der Waals surface area contributed by atoms with Gasteiger partial charge in [-0.1, -0.05) is 84.3 Å². The van der Waals surface area contributed by atoms with Crippen LogP contribution in [0.3, 0.4) is 0 Å². The van der Waals surface area contributed by atoms with Crippen LogP contribution in [0.4, 0.5) is 0 Å². The average molecular weight is 588 g/mol. The first-order chi connectivity index (χ1) is 21.1. The zero-order valence-corrected chi connectivity index (χ0v) is 26.5. The molecule has 0 fully saturated rings. The predicted molar refractivity (Wildman–Crippen MR) is 177 cm³/mol. The second-order valence-electron chi connectivity index (χ2n) is 11.2. The molecule has 0 unspecified atom stereocenters. The van der Waals surface area contributed by atoms with Gasteiger partial charge in [0, 0.05) is 18.6 Å². The molecule has 1 N–H and O–H groups in total. The van der Waals surface area contributed by atoms with Gasteiger partial charge in [-0.3, -0.25) is 4.42 Å². The van der Waals surface area contributed by atoms with Crippen LogP contribution in [0, 0.1) is 0 Å². The normalized spacial score (nSPS) is 12.4. The van der Waals surface area contributed by atoms with Gasteiger partial charge in [0.2, 0.25) is 0 Å². The molecular weight excluding hydrogens is 536 g/mol. The SMILES string of the molecule is CCCCCCOc1ccc(C(=C2C=CC(=[O+]CCCCCC)C=C2)c2ccc(OCCCCCC)cc2C(=O)O)cc1. The molecule has 0 amide bonds. The van der Waals surface area contributed by atoms with Crippen LogP contribution < -0.4 is 9.47 Å². The minimum atomic E-state index is -0.983. The summed E-state index contributed by atoms with van der Waals surface area (Å²) in [6, 6.07) is 13.4. The van der Waals surface area contributed by atoms with Gasteiger partial charge in [0.1, 0.15) is 11.5 Å². The Balaban J connectivity index is 1.90. The molecule has 0 atom stereocenters. The van der Waals surface area contributed by atoms with Crippen molar-refractivity contribution in [2.24, 2.45) is 0 Å². The first-order valence-corrected chi connectivity index (χ1v) is 16.4. The highest BCUT2D eigenvalue weighted by atomic mass is 16.5. The van der Waals surface area contributed by atoms with Crippen molar-refractivity contribution in [3.63, 3.8) is 0 Å². The lowest BCUT2D eigenvalue weighted by Crippen LogP contribution is -2.07. The molecule has 5 heteroatoms. The number of ketones is 1. The number of carboxylic acid groups (broad SMARTS) is 1. The number of carboxylic acids is 1. The molecule has 2 aromatic rings. The van der Waals surface area contributed by atoms with Crippen LogP contribution >= 0.6 is 0 Å². The fraction of sp³-hybridized carbons (Fsp3) is 0.474. The van der Waals surface area contributed by atoms with Crippen molar-refractivity contribution in [2.45, 2.75) is 97.8 Å². The number of hydrogen-bond donors (Lipinski definition) is 1. The molecule has 0 bridgehead atoms. The third kappa shape index (κ3) is 11.5. The van der Waals surface area contributed by atoms with E-state index in [1.165, 1.54) is 44.9 Å². The molecule has 0 aliphatic heterocycles. The highest BCUT2D eigenvalue weighted by molar-refractivity contribution is 6.04. The Morgan fingerprint density at radius 2 is 1.21 bits per heavy atom. The molecule has 232 valence electrons. The first-order valence-electron chi connectivity index (χ1n) is 16.4. The van der Waals surface area contributed by atoms with Crippen LogP contribution in [0.5, 0.6) is 11.5 Å². The van der Waals surface area contributed by atoms with E-state index in [0.29, 0.717) is 31.1 Å². The zero-order valence-electron chi connectivity index (χ0n) is 26.5.